The molecule has 0 aliphatic heterocycles. The third-order valence-corrected chi connectivity index (χ3v) is 3.72. The van der Waals surface area contributed by atoms with E-state index < -0.39 is 0 Å². The SMILES string of the molecule is Cc1c(C(=O)NC(CCO)C(C)C)cnn1-c1ccncc1. The van der Waals surface area contributed by atoms with Crippen LogP contribution < -0.4 is 5.32 Å². The number of rotatable bonds is 6. The maximum absolute atomic E-state index is 12.4. The van der Waals surface area contributed by atoms with Gasteiger partial charge in [-0.05, 0) is 31.4 Å². The summed E-state index contributed by atoms with van der Waals surface area (Å²) in [5.41, 5.74) is 2.18. The second-order valence-corrected chi connectivity index (χ2v) is 5.60. The molecule has 0 fully saturated rings. The summed E-state index contributed by atoms with van der Waals surface area (Å²) in [6.45, 7) is 5.96. The molecule has 6 nitrogen and oxygen atoms in total. The molecule has 2 aromatic rings. The van der Waals surface area contributed by atoms with Crippen LogP contribution in [0.1, 0.15) is 36.3 Å². The van der Waals surface area contributed by atoms with Gasteiger partial charge in [-0.3, -0.25) is 9.78 Å². The fourth-order valence-electron chi connectivity index (χ4n) is 2.34. The van der Waals surface area contributed by atoms with Crippen LogP contribution in [-0.4, -0.2) is 38.4 Å². The van der Waals surface area contributed by atoms with Crippen LogP contribution >= 0.6 is 0 Å². The summed E-state index contributed by atoms with van der Waals surface area (Å²) in [7, 11) is 0. The average molecular weight is 302 g/mol. The molecule has 118 valence electrons. The average Bonchev–Trinajstić information content (AvgIpc) is 2.89. The van der Waals surface area contributed by atoms with Crippen molar-refractivity contribution in [1.29, 1.82) is 0 Å². The Hall–Kier alpha value is -2.21. The van der Waals surface area contributed by atoms with Gasteiger partial charge >= 0.3 is 0 Å². The molecule has 22 heavy (non-hydrogen) atoms. The Morgan fingerprint density at radius 2 is 2.05 bits per heavy atom. The standard InChI is InChI=1S/C16H22N4O2/c1-11(2)15(6-9-21)19-16(22)14-10-18-20(12(14)3)13-4-7-17-8-5-13/h4-5,7-8,10-11,15,21H,6,9H2,1-3H3,(H,19,22). The second kappa shape index (κ2) is 7.17. The molecule has 6 heteroatoms. The minimum absolute atomic E-state index is 0.0540. The molecule has 0 spiro atoms. The van der Waals surface area contributed by atoms with E-state index in [0.717, 1.165) is 11.4 Å². The van der Waals surface area contributed by atoms with E-state index in [0.29, 0.717) is 12.0 Å². The summed E-state index contributed by atoms with van der Waals surface area (Å²) in [6.07, 6.45) is 5.49. The minimum Gasteiger partial charge on any atom is -0.396 e. The van der Waals surface area contributed by atoms with Gasteiger partial charge in [0, 0.05) is 25.0 Å². The highest BCUT2D eigenvalue weighted by Gasteiger charge is 2.20. The van der Waals surface area contributed by atoms with E-state index in [2.05, 4.69) is 15.4 Å². The third kappa shape index (κ3) is 3.51. The Labute approximate surface area is 130 Å². The first-order valence-electron chi connectivity index (χ1n) is 7.41. The van der Waals surface area contributed by atoms with Crippen LogP contribution in [0.3, 0.4) is 0 Å². The lowest BCUT2D eigenvalue weighted by Crippen LogP contribution is -2.39. The highest BCUT2D eigenvalue weighted by Crippen LogP contribution is 2.14. The molecule has 2 heterocycles. The number of aliphatic hydroxyl groups excluding tert-OH is 1. The molecule has 2 N–H and O–H groups in total. The number of nitrogens with one attached hydrogen (secondary N) is 1. The van der Waals surface area contributed by atoms with Crippen LogP contribution in [0.5, 0.6) is 0 Å². The lowest BCUT2D eigenvalue weighted by atomic mass is 10.0. The van der Waals surface area contributed by atoms with Crippen molar-refractivity contribution in [3.05, 3.63) is 42.0 Å². The molecule has 0 saturated heterocycles. The maximum atomic E-state index is 12.4. The molecule has 1 amide bonds. The Kier molecular flexibility index (Phi) is 5.27. The van der Waals surface area contributed by atoms with E-state index in [-0.39, 0.29) is 24.5 Å². The predicted octanol–water partition coefficient (Wildman–Crippen LogP) is 1.71. The fourth-order valence-corrected chi connectivity index (χ4v) is 2.34. The van der Waals surface area contributed by atoms with Crippen LogP contribution in [0.2, 0.25) is 0 Å². The highest BCUT2D eigenvalue weighted by atomic mass is 16.3. The van der Waals surface area contributed by atoms with E-state index in [9.17, 15) is 4.79 Å². The van der Waals surface area contributed by atoms with Crippen molar-refractivity contribution in [3.63, 3.8) is 0 Å². The van der Waals surface area contributed by atoms with E-state index in [4.69, 9.17) is 5.11 Å². The molecule has 0 saturated carbocycles. The van der Waals surface area contributed by atoms with Crippen LogP contribution in [-0.2, 0) is 0 Å². The molecule has 0 aliphatic carbocycles. The molecule has 0 radical (unpaired) electrons. The quantitative estimate of drug-likeness (QED) is 0.851. The zero-order valence-corrected chi connectivity index (χ0v) is 13.2. The van der Waals surface area contributed by atoms with Crippen molar-refractivity contribution in [3.8, 4) is 5.69 Å². The Morgan fingerprint density at radius 1 is 1.36 bits per heavy atom. The first kappa shape index (κ1) is 16.2. The van der Waals surface area contributed by atoms with Crippen molar-refractivity contribution in [2.75, 3.05) is 6.61 Å². The molecular weight excluding hydrogens is 280 g/mol. The van der Waals surface area contributed by atoms with Gasteiger partial charge in [-0.1, -0.05) is 13.8 Å². The van der Waals surface area contributed by atoms with Gasteiger partial charge in [-0.2, -0.15) is 5.10 Å². The minimum atomic E-state index is -0.162. The van der Waals surface area contributed by atoms with Crippen LogP contribution in [0, 0.1) is 12.8 Å². The smallest absolute Gasteiger partial charge is 0.254 e. The predicted molar refractivity (Wildman–Crippen MR) is 83.9 cm³/mol. The molecule has 1 unspecified atom stereocenters. The van der Waals surface area contributed by atoms with Gasteiger partial charge in [-0.15, -0.1) is 0 Å². The second-order valence-electron chi connectivity index (χ2n) is 5.60. The van der Waals surface area contributed by atoms with Crippen LogP contribution in [0.4, 0.5) is 0 Å². The Bertz CT molecular complexity index is 622. The lowest BCUT2D eigenvalue weighted by molar-refractivity contribution is 0.0916. The zero-order valence-electron chi connectivity index (χ0n) is 13.2. The summed E-state index contributed by atoms with van der Waals surface area (Å²) in [5, 5.41) is 16.4. The van der Waals surface area contributed by atoms with Gasteiger partial charge in [0.15, 0.2) is 0 Å². The number of aliphatic hydroxyl groups is 1. The monoisotopic (exact) mass is 302 g/mol. The molecule has 0 aromatic carbocycles. The number of nitrogens with zero attached hydrogens (tertiary/aromatic N) is 3. The summed E-state index contributed by atoms with van der Waals surface area (Å²) < 4.78 is 1.72. The number of pyridine rings is 1. The fraction of sp³-hybridized carbons (Fsp3) is 0.438. The Balaban J connectivity index is 2.19. The number of carbonyl (C=O) groups is 1. The zero-order chi connectivity index (χ0) is 16.1. The van der Waals surface area contributed by atoms with Crippen molar-refractivity contribution >= 4 is 5.91 Å². The topological polar surface area (TPSA) is 80.0 Å². The number of aromatic nitrogens is 3. The van der Waals surface area contributed by atoms with Gasteiger partial charge in [-0.25, -0.2) is 4.68 Å². The summed E-state index contributed by atoms with van der Waals surface area (Å²) >= 11 is 0. The van der Waals surface area contributed by atoms with E-state index in [1.165, 1.54) is 0 Å². The van der Waals surface area contributed by atoms with E-state index in [1.807, 2.05) is 32.9 Å². The van der Waals surface area contributed by atoms with Crippen molar-refractivity contribution in [1.82, 2.24) is 20.1 Å². The Morgan fingerprint density at radius 3 is 2.64 bits per heavy atom. The maximum Gasteiger partial charge on any atom is 0.254 e. The molecule has 2 rings (SSSR count). The molecular formula is C16H22N4O2. The first-order chi connectivity index (χ1) is 10.5. The van der Waals surface area contributed by atoms with Gasteiger partial charge in [0.05, 0.1) is 23.1 Å². The van der Waals surface area contributed by atoms with Crippen molar-refractivity contribution in [2.45, 2.75) is 33.2 Å². The number of hydrogen-bond acceptors (Lipinski definition) is 4. The largest absolute Gasteiger partial charge is 0.396 e. The molecule has 2 aromatic heterocycles. The number of amides is 1. The van der Waals surface area contributed by atoms with Gasteiger partial charge in [0.25, 0.3) is 5.91 Å². The third-order valence-electron chi connectivity index (χ3n) is 3.72. The first-order valence-corrected chi connectivity index (χ1v) is 7.41. The van der Waals surface area contributed by atoms with E-state index >= 15 is 0 Å². The summed E-state index contributed by atoms with van der Waals surface area (Å²) in [6, 6.07) is 3.62. The number of carbonyl (C=O) groups excluding carboxylic acids is 1. The molecule has 0 bridgehead atoms. The summed E-state index contributed by atoms with van der Waals surface area (Å²) in [4.78, 5) is 16.4. The van der Waals surface area contributed by atoms with E-state index in [1.54, 1.807) is 23.3 Å². The molecule has 0 aliphatic rings. The normalized spacial score (nSPS) is 12.4. The van der Waals surface area contributed by atoms with Crippen molar-refractivity contribution < 1.29 is 9.90 Å². The van der Waals surface area contributed by atoms with Crippen LogP contribution in [0.25, 0.3) is 5.69 Å². The molecule has 1 atom stereocenters. The van der Waals surface area contributed by atoms with Gasteiger partial charge in [0.2, 0.25) is 0 Å². The summed E-state index contributed by atoms with van der Waals surface area (Å²) in [5.74, 6) is 0.0941. The van der Waals surface area contributed by atoms with Crippen LogP contribution in [0.15, 0.2) is 30.7 Å². The van der Waals surface area contributed by atoms with Crippen molar-refractivity contribution in [2.24, 2.45) is 5.92 Å². The van der Waals surface area contributed by atoms with Gasteiger partial charge < -0.3 is 10.4 Å². The highest BCUT2D eigenvalue weighted by molar-refractivity contribution is 5.95. The lowest BCUT2D eigenvalue weighted by Gasteiger charge is -2.21. The number of hydrogen-bond donors (Lipinski definition) is 2. The van der Waals surface area contributed by atoms with Gasteiger partial charge in [0.1, 0.15) is 0 Å².